The number of nitrogens with one attached hydrogen (secondary N) is 1. The molecule has 7 nitrogen and oxygen atoms in total. The molecule has 4 rings (SSSR count). The number of hydrogen-bond donors (Lipinski definition) is 1. The highest BCUT2D eigenvalue weighted by atomic mass is 16.5. The molecule has 0 saturated carbocycles. The Morgan fingerprint density at radius 1 is 1.03 bits per heavy atom. The number of aromatic nitrogens is 2. The van der Waals surface area contributed by atoms with Crippen LogP contribution in [0.1, 0.15) is 12.5 Å². The van der Waals surface area contributed by atoms with Crippen LogP contribution in [0.2, 0.25) is 0 Å². The molecule has 32 heavy (non-hydrogen) atoms. The lowest BCUT2D eigenvalue weighted by molar-refractivity contribution is 0.244. The molecule has 7 heteroatoms. The van der Waals surface area contributed by atoms with Crippen LogP contribution >= 0.6 is 0 Å². The highest BCUT2D eigenvalue weighted by molar-refractivity contribution is 5.86. The number of H-pyrrole nitrogens is 1. The summed E-state index contributed by atoms with van der Waals surface area (Å²) in [7, 11) is 6.26. The predicted molar refractivity (Wildman–Crippen MR) is 131 cm³/mol. The zero-order chi connectivity index (χ0) is 22.7. The van der Waals surface area contributed by atoms with Gasteiger partial charge < -0.3 is 29.2 Å². The van der Waals surface area contributed by atoms with Crippen LogP contribution in [0.15, 0.2) is 30.3 Å². The van der Waals surface area contributed by atoms with Gasteiger partial charge in [-0.2, -0.15) is 0 Å². The van der Waals surface area contributed by atoms with Gasteiger partial charge in [0.2, 0.25) is 0 Å². The highest BCUT2D eigenvalue weighted by Gasteiger charge is 2.17. The molecule has 0 bridgehead atoms. The quantitative estimate of drug-likeness (QED) is 0.581. The third kappa shape index (κ3) is 5.00. The molecule has 1 saturated heterocycles. The van der Waals surface area contributed by atoms with Gasteiger partial charge in [0.15, 0.2) is 11.5 Å². The Balaban J connectivity index is 1.61. The van der Waals surface area contributed by atoms with Crippen LogP contribution < -0.4 is 14.4 Å². The van der Waals surface area contributed by atoms with Gasteiger partial charge in [-0.3, -0.25) is 0 Å². The van der Waals surface area contributed by atoms with Gasteiger partial charge in [-0.25, -0.2) is 4.98 Å². The van der Waals surface area contributed by atoms with Crippen LogP contribution in [-0.2, 0) is 0 Å². The average molecular weight is 438 g/mol. The number of likely N-dealkylation sites (N-methyl/N-ethyl adjacent to an activating group) is 2. The fourth-order valence-electron chi connectivity index (χ4n) is 4.04. The number of piperazine rings is 1. The van der Waals surface area contributed by atoms with Crippen molar-refractivity contribution in [1.82, 2.24) is 19.8 Å². The zero-order valence-corrected chi connectivity index (χ0v) is 19.9. The molecule has 1 N–H and O–H groups in total. The number of imidazole rings is 1. The summed E-state index contributed by atoms with van der Waals surface area (Å²) in [5.74, 6) is 2.36. The third-order valence-corrected chi connectivity index (χ3v) is 5.94. The van der Waals surface area contributed by atoms with Crippen molar-refractivity contribution in [2.24, 2.45) is 0 Å². The van der Waals surface area contributed by atoms with E-state index in [-0.39, 0.29) is 0 Å². The van der Waals surface area contributed by atoms with Crippen LogP contribution in [0.25, 0.3) is 22.4 Å². The maximum Gasteiger partial charge on any atom is 0.161 e. The SMILES string of the molecule is CCOc1cc(-c2nc3c(C)cc(N4CCN(C)CC4)cc3[nH]2)ccc1OCCN(C)C. The topological polar surface area (TPSA) is 56.9 Å². The van der Waals surface area contributed by atoms with Crippen molar-refractivity contribution >= 4 is 16.7 Å². The summed E-state index contributed by atoms with van der Waals surface area (Å²) in [6, 6.07) is 10.5. The van der Waals surface area contributed by atoms with Gasteiger partial charge in [-0.1, -0.05) is 0 Å². The molecule has 0 atom stereocenters. The van der Waals surface area contributed by atoms with Gasteiger partial charge in [-0.05, 0) is 70.9 Å². The molecular weight excluding hydrogens is 402 g/mol. The first-order valence-electron chi connectivity index (χ1n) is 11.4. The van der Waals surface area contributed by atoms with Gasteiger partial charge >= 0.3 is 0 Å². The number of aryl methyl sites for hydroxylation is 1. The van der Waals surface area contributed by atoms with Crippen LogP contribution in [0.4, 0.5) is 5.69 Å². The maximum absolute atomic E-state index is 5.95. The molecule has 2 aromatic carbocycles. The second-order valence-electron chi connectivity index (χ2n) is 8.78. The molecule has 0 unspecified atom stereocenters. The molecule has 172 valence electrons. The maximum atomic E-state index is 5.95. The first kappa shape index (κ1) is 22.4. The van der Waals surface area contributed by atoms with E-state index in [4.69, 9.17) is 14.5 Å². The molecule has 1 aromatic heterocycles. The van der Waals surface area contributed by atoms with E-state index in [0.717, 1.165) is 66.6 Å². The molecule has 3 aromatic rings. The lowest BCUT2D eigenvalue weighted by Crippen LogP contribution is -2.44. The van der Waals surface area contributed by atoms with E-state index in [1.165, 1.54) is 11.3 Å². The Hall–Kier alpha value is -2.77. The molecule has 2 heterocycles. The Morgan fingerprint density at radius 2 is 1.81 bits per heavy atom. The number of anilines is 1. The van der Waals surface area contributed by atoms with Crippen LogP contribution in [0, 0.1) is 6.92 Å². The molecule has 0 spiro atoms. The first-order chi connectivity index (χ1) is 15.4. The first-order valence-corrected chi connectivity index (χ1v) is 11.4. The van der Waals surface area contributed by atoms with Gasteiger partial charge in [0.05, 0.1) is 17.6 Å². The predicted octanol–water partition coefficient (Wildman–Crippen LogP) is 3.63. The summed E-state index contributed by atoms with van der Waals surface area (Å²) < 4.78 is 11.8. The summed E-state index contributed by atoms with van der Waals surface area (Å²) in [4.78, 5) is 15.4. The fraction of sp³-hybridized carbons (Fsp3) is 0.480. The Bertz CT molecular complexity index is 1050. The van der Waals surface area contributed by atoms with Crippen molar-refractivity contribution in [3.8, 4) is 22.9 Å². The smallest absolute Gasteiger partial charge is 0.161 e. The number of aromatic amines is 1. The van der Waals surface area contributed by atoms with Gasteiger partial charge in [0.1, 0.15) is 12.4 Å². The Kier molecular flexibility index (Phi) is 6.86. The summed E-state index contributed by atoms with van der Waals surface area (Å²) in [5, 5.41) is 0. The van der Waals surface area contributed by atoms with Crippen molar-refractivity contribution in [3.63, 3.8) is 0 Å². The highest BCUT2D eigenvalue weighted by Crippen LogP contribution is 2.34. The van der Waals surface area contributed by atoms with Crippen molar-refractivity contribution in [1.29, 1.82) is 0 Å². The average Bonchev–Trinajstić information content (AvgIpc) is 3.20. The van der Waals surface area contributed by atoms with Crippen LogP contribution in [0.5, 0.6) is 11.5 Å². The minimum Gasteiger partial charge on any atom is -0.490 e. The molecule has 1 aliphatic rings. The summed E-state index contributed by atoms with van der Waals surface area (Å²) in [6.45, 7) is 10.5. The van der Waals surface area contributed by atoms with E-state index < -0.39 is 0 Å². The molecular formula is C25H35N5O2. The number of ether oxygens (including phenoxy) is 2. The zero-order valence-electron chi connectivity index (χ0n) is 19.9. The van der Waals surface area contributed by atoms with E-state index in [1.807, 2.05) is 39.2 Å². The van der Waals surface area contributed by atoms with Gasteiger partial charge in [-0.15, -0.1) is 0 Å². The largest absolute Gasteiger partial charge is 0.490 e. The lowest BCUT2D eigenvalue weighted by atomic mass is 10.1. The number of rotatable bonds is 8. The Morgan fingerprint density at radius 3 is 2.53 bits per heavy atom. The standard InChI is InChI=1S/C25H35N5O2/c1-6-31-23-16-19(7-8-22(23)32-14-13-28(3)4)25-26-21-17-20(15-18(2)24(21)27-25)30-11-9-29(5)10-12-30/h7-8,15-17H,6,9-14H2,1-5H3,(H,26,27). The minimum atomic E-state index is 0.584. The van der Waals surface area contributed by atoms with Gasteiger partial charge in [0.25, 0.3) is 0 Å². The second kappa shape index (κ2) is 9.79. The second-order valence-corrected chi connectivity index (χ2v) is 8.78. The summed E-state index contributed by atoms with van der Waals surface area (Å²) >= 11 is 0. The van der Waals surface area contributed by atoms with Crippen LogP contribution in [0.3, 0.4) is 0 Å². The Labute approximate surface area is 190 Å². The third-order valence-electron chi connectivity index (χ3n) is 5.94. The van der Waals surface area contributed by atoms with Crippen molar-refractivity contribution in [3.05, 3.63) is 35.9 Å². The van der Waals surface area contributed by atoms with Crippen molar-refractivity contribution < 1.29 is 9.47 Å². The molecule has 0 aliphatic carbocycles. The van der Waals surface area contributed by atoms with E-state index in [2.05, 4.69) is 45.8 Å². The molecule has 0 radical (unpaired) electrons. The fourth-order valence-corrected chi connectivity index (χ4v) is 4.04. The van der Waals surface area contributed by atoms with Crippen molar-refractivity contribution in [2.75, 3.05) is 72.0 Å². The monoisotopic (exact) mass is 437 g/mol. The molecule has 0 amide bonds. The van der Waals surface area contributed by atoms with Gasteiger partial charge in [0, 0.05) is 44.0 Å². The number of benzene rings is 2. The number of hydrogen-bond acceptors (Lipinski definition) is 6. The minimum absolute atomic E-state index is 0.584. The van der Waals surface area contributed by atoms with Crippen LogP contribution in [-0.4, -0.2) is 86.8 Å². The lowest BCUT2D eigenvalue weighted by Gasteiger charge is -2.34. The summed E-state index contributed by atoms with van der Waals surface area (Å²) in [5.41, 5.74) is 5.52. The molecule has 1 fully saturated rings. The van der Waals surface area contributed by atoms with E-state index in [9.17, 15) is 0 Å². The van der Waals surface area contributed by atoms with E-state index in [0.29, 0.717) is 13.2 Å². The van der Waals surface area contributed by atoms with E-state index >= 15 is 0 Å². The molecule has 1 aliphatic heterocycles. The van der Waals surface area contributed by atoms with E-state index in [1.54, 1.807) is 0 Å². The number of nitrogens with zero attached hydrogens (tertiary/aromatic N) is 4. The normalized spacial score (nSPS) is 15.0. The number of fused-ring (bicyclic) bond motifs is 1. The summed E-state index contributed by atoms with van der Waals surface area (Å²) in [6.07, 6.45) is 0. The van der Waals surface area contributed by atoms with Crippen molar-refractivity contribution in [2.45, 2.75) is 13.8 Å².